The van der Waals surface area contributed by atoms with Crippen LogP contribution in [0.25, 0.3) is 0 Å². The van der Waals surface area contributed by atoms with E-state index in [0.717, 1.165) is 5.56 Å². The number of benzene rings is 2. The van der Waals surface area contributed by atoms with E-state index in [0.29, 0.717) is 30.1 Å². The number of rotatable bonds is 9. The molecule has 0 N–H and O–H groups in total. The van der Waals surface area contributed by atoms with Crippen molar-refractivity contribution in [2.24, 2.45) is 16.3 Å². The highest BCUT2D eigenvalue weighted by atomic mass is 19.1. The van der Waals surface area contributed by atoms with Crippen molar-refractivity contribution < 1.29 is 27.8 Å². The monoisotopic (exact) mass is 512 g/mol. The molecule has 8 heteroatoms. The van der Waals surface area contributed by atoms with E-state index in [2.05, 4.69) is 9.89 Å². The minimum absolute atomic E-state index is 0.109. The lowest BCUT2D eigenvalue weighted by Crippen LogP contribution is -2.38. The van der Waals surface area contributed by atoms with E-state index in [1.807, 2.05) is 20.9 Å². The van der Waals surface area contributed by atoms with Crippen LogP contribution in [0.2, 0.25) is 0 Å². The molecule has 1 aliphatic rings. The smallest absolute Gasteiger partial charge is 0.336 e. The van der Waals surface area contributed by atoms with Crippen molar-refractivity contribution in [3.8, 4) is 0 Å². The highest BCUT2D eigenvalue weighted by Crippen LogP contribution is 2.40. The summed E-state index contributed by atoms with van der Waals surface area (Å²) in [4.78, 5) is 32.7. The predicted molar refractivity (Wildman–Crippen MR) is 138 cm³/mol. The van der Waals surface area contributed by atoms with Gasteiger partial charge >= 0.3 is 11.9 Å². The summed E-state index contributed by atoms with van der Waals surface area (Å²) < 4.78 is 38.1. The number of ether oxygens (including phenoxy) is 2. The number of halogens is 2. The van der Waals surface area contributed by atoms with E-state index >= 15 is 0 Å². The maximum Gasteiger partial charge on any atom is 0.336 e. The second-order valence-corrected chi connectivity index (χ2v) is 10.3. The van der Waals surface area contributed by atoms with Crippen LogP contribution >= 0.6 is 0 Å². The summed E-state index contributed by atoms with van der Waals surface area (Å²) in [5, 5.41) is 0. The van der Waals surface area contributed by atoms with Crippen LogP contribution in [0, 0.1) is 23.0 Å². The molecule has 198 valence electrons. The lowest BCUT2D eigenvalue weighted by atomic mass is 9.75. The summed E-state index contributed by atoms with van der Waals surface area (Å²) in [6.45, 7) is 8.66. The first-order chi connectivity index (χ1) is 17.4. The van der Waals surface area contributed by atoms with E-state index in [1.165, 1.54) is 31.4 Å². The van der Waals surface area contributed by atoms with Crippen molar-refractivity contribution in [1.82, 2.24) is 4.90 Å². The van der Waals surface area contributed by atoms with E-state index in [-0.39, 0.29) is 18.0 Å². The maximum absolute atomic E-state index is 14.2. The number of aliphatic imine (C=N–C) groups is 1. The fourth-order valence-electron chi connectivity index (χ4n) is 4.87. The zero-order valence-corrected chi connectivity index (χ0v) is 22.2. The molecule has 37 heavy (non-hydrogen) atoms. The van der Waals surface area contributed by atoms with E-state index in [9.17, 15) is 18.4 Å². The molecule has 0 spiro atoms. The van der Waals surface area contributed by atoms with Crippen LogP contribution < -0.4 is 0 Å². The third-order valence-corrected chi connectivity index (χ3v) is 6.37. The Kier molecular flexibility index (Phi) is 8.97. The Morgan fingerprint density at radius 1 is 1.05 bits per heavy atom. The average Bonchev–Trinajstić information content (AvgIpc) is 2.83. The van der Waals surface area contributed by atoms with Crippen molar-refractivity contribution in [1.29, 1.82) is 0 Å². The molecule has 2 unspecified atom stereocenters. The lowest BCUT2D eigenvalue weighted by molar-refractivity contribution is -0.145. The van der Waals surface area contributed by atoms with Gasteiger partial charge in [-0.1, -0.05) is 38.1 Å². The topological polar surface area (TPSA) is 68.2 Å². The van der Waals surface area contributed by atoms with Crippen molar-refractivity contribution in [3.05, 3.63) is 82.6 Å². The number of carbonyl (C=O) groups excluding carboxylic acids is 2. The minimum Gasteiger partial charge on any atom is -0.468 e. The molecule has 0 aromatic heterocycles. The quantitative estimate of drug-likeness (QED) is 0.427. The first-order valence-corrected chi connectivity index (χ1v) is 12.1. The van der Waals surface area contributed by atoms with Gasteiger partial charge in [-0.3, -0.25) is 9.79 Å². The number of methoxy groups -OCH3 is 1. The molecule has 0 bridgehead atoms. The molecule has 2 atom stereocenters. The molecule has 0 fully saturated rings. The van der Waals surface area contributed by atoms with Crippen LogP contribution in [0.3, 0.4) is 0 Å². The van der Waals surface area contributed by atoms with Gasteiger partial charge in [-0.05, 0) is 56.3 Å². The van der Waals surface area contributed by atoms with Gasteiger partial charge in [-0.2, -0.15) is 0 Å². The SMILES string of the molecule is COC(=O)C1C(C)=NC(C)=C(C(=O)OCC(C)(C)CN(C)Cc2ccc(F)cc2)C1c1cccc(F)c1. The Morgan fingerprint density at radius 2 is 1.73 bits per heavy atom. The molecule has 0 radical (unpaired) electrons. The number of esters is 2. The van der Waals surface area contributed by atoms with E-state index < -0.39 is 35.0 Å². The molecule has 3 rings (SSSR count). The summed E-state index contributed by atoms with van der Waals surface area (Å²) in [5.41, 5.74) is 2.14. The molecule has 0 amide bonds. The maximum atomic E-state index is 14.2. The number of carbonyl (C=O) groups is 2. The van der Waals surface area contributed by atoms with Crippen LogP contribution in [0.5, 0.6) is 0 Å². The second-order valence-electron chi connectivity index (χ2n) is 10.3. The van der Waals surface area contributed by atoms with Gasteiger partial charge < -0.3 is 14.4 Å². The highest BCUT2D eigenvalue weighted by molar-refractivity contribution is 6.06. The van der Waals surface area contributed by atoms with Crippen LogP contribution in [0.1, 0.15) is 44.7 Å². The molecule has 0 aliphatic carbocycles. The number of hydrogen-bond acceptors (Lipinski definition) is 6. The summed E-state index contributed by atoms with van der Waals surface area (Å²) in [7, 11) is 3.21. The zero-order chi connectivity index (χ0) is 27.3. The molecule has 1 aliphatic heterocycles. The number of allylic oxidation sites excluding steroid dienone is 1. The van der Waals surface area contributed by atoms with E-state index in [1.54, 1.807) is 38.1 Å². The van der Waals surface area contributed by atoms with Gasteiger partial charge in [0.1, 0.15) is 17.6 Å². The van der Waals surface area contributed by atoms with Crippen molar-refractivity contribution >= 4 is 17.7 Å². The molecule has 0 saturated heterocycles. The number of nitrogens with zero attached hydrogens (tertiary/aromatic N) is 2. The lowest BCUT2D eigenvalue weighted by Gasteiger charge is -2.33. The summed E-state index contributed by atoms with van der Waals surface area (Å²) in [5.74, 6) is -3.60. The van der Waals surface area contributed by atoms with Crippen molar-refractivity contribution in [2.45, 2.75) is 40.2 Å². The first-order valence-electron chi connectivity index (χ1n) is 12.1. The van der Waals surface area contributed by atoms with Gasteiger partial charge in [0.25, 0.3) is 0 Å². The molecular formula is C29H34F2N2O4. The molecule has 1 heterocycles. The van der Waals surface area contributed by atoms with E-state index in [4.69, 9.17) is 9.47 Å². The zero-order valence-electron chi connectivity index (χ0n) is 22.2. The van der Waals surface area contributed by atoms with Gasteiger partial charge in [0, 0.05) is 35.8 Å². The van der Waals surface area contributed by atoms with Crippen LogP contribution in [0.4, 0.5) is 8.78 Å². The molecule has 0 saturated carbocycles. The third-order valence-electron chi connectivity index (χ3n) is 6.37. The summed E-state index contributed by atoms with van der Waals surface area (Å²) in [6.07, 6.45) is 0. The third kappa shape index (κ3) is 7.10. The fraction of sp³-hybridized carbons (Fsp3) is 0.414. The van der Waals surface area contributed by atoms with Gasteiger partial charge in [0.2, 0.25) is 0 Å². The minimum atomic E-state index is -0.882. The fourth-order valence-corrected chi connectivity index (χ4v) is 4.87. The molecule has 2 aromatic rings. The van der Waals surface area contributed by atoms with Gasteiger partial charge in [-0.25, -0.2) is 13.6 Å². The van der Waals surface area contributed by atoms with Gasteiger partial charge in [0.05, 0.1) is 19.3 Å². The largest absolute Gasteiger partial charge is 0.468 e. The van der Waals surface area contributed by atoms with Crippen molar-refractivity contribution in [2.75, 3.05) is 27.3 Å². The summed E-state index contributed by atoms with van der Waals surface area (Å²) >= 11 is 0. The molecular weight excluding hydrogens is 478 g/mol. The summed E-state index contributed by atoms with van der Waals surface area (Å²) in [6, 6.07) is 12.2. The van der Waals surface area contributed by atoms with Crippen molar-refractivity contribution in [3.63, 3.8) is 0 Å². The second kappa shape index (κ2) is 11.8. The molecule has 2 aromatic carbocycles. The Labute approximate surface area is 217 Å². The molecule has 6 nitrogen and oxygen atoms in total. The van der Waals surface area contributed by atoms with Crippen LogP contribution in [-0.4, -0.2) is 49.9 Å². The number of hydrogen-bond donors (Lipinski definition) is 0. The Balaban J connectivity index is 1.79. The Morgan fingerprint density at radius 3 is 2.35 bits per heavy atom. The highest BCUT2D eigenvalue weighted by Gasteiger charge is 2.42. The Hall–Kier alpha value is -3.39. The van der Waals surface area contributed by atoms with Crippen LogP contribution in [0.15, 0.2) is 64.8 Å². The predicted octanol–water partition coefficient (Wildman–Crippen LogP) is 5.29. The first kappa shape index (κ1) is 28.2. The average molecular weight is 513 g/mol. The van der Waals surface area contributed by atoms with Gasteiger partial charge in [0.15, 0.2) is 0 Å². The Bertz CT molecular complexity index is 1200. The standard InChI is InChI=1S/C29H34F2N2O4/c1-18-24(27(34)36-6)26(21-8-7-9-23(31)14-21)25(19(2)32-18)28(35)37-17-29(3,4)16-33(5)15-20-10-12-22(30)13-11-20/h7-14,24,26H,15-17H2,1-6H3. The normalized spacial score (nSPS) is 18.0. The van der Waals surface area contributed by atoms with Gasteiger partial charge in [-0.15, -0.1) is 0 Å². The van der Waals surface area contributed by atoms with Crippen LogP contribution in [-0.2, 0) is 25.6 Å².